The summed E-state index contributed by atoms with van der Waals surface area (Å²) in [6.07, 6.45) is 2.93. The molecular weight excluding hydrogens is 218 g/mol. The zero-order valence-electron chi connectivity index (χ0n) is 7.44. The quantitative estimate of drug-likeness (QED) is 0.814. The first-order chi connectivity index (χ1) is 7.20. The molecule has 0 radical (unpaired) electrons. The molecule has 0 bridgehead atoms. The van der Waals surface area contributed by atoms with Crippen LogP contribution >= 0.6 is 11.6 Å². The smallest absolute Gasteiger partial charge is 0.354 e. The number of H-pyrrole nitrogens is 1. The molecule has 0 aliphatic rings. The highest BCUT2D eigenvalue weighted by atomic mass is 35.5. The van der Waals surface area contributed by atoms with Crippen molar-refractivity contribution < 1.29 is 9.90 Å². The zero-order chi connectivity index (χ0) is 10.8. The van der Waals surface area contributed by atoms with Crippen LogP contribution in [-0.2, 0) is 0 Å². The minimum absolute atomic E-state index is 0.0180. The highest BCUT2D eigenvalue weighted by molar-refractivity contribution is 6.33. The van der Waals surface area contributed by atoms with Gasteiger partial charge in [-0.2, -0.15) is 5.10 Å². The minimum atomic E-state index is -1.09. The Hall–Kier alpha value is -1.88. The molecule has 2 aromatic rings. The van der Waals surface area contributed by atoms with Gasteiger partial charge < -0.3 is 5.11 Å². The number of carboxylic acids is 1. The first kappa shape index (κ1) is 9.67. The van der Waals surface area contributed by atoms with E-state index < -0.39 is 5.97 Å². The number of hydrogen-bond acceptors (Lipinski definition) is 3. The lowest BCUT2D eigenvalue weighted by Gasteiger charge is -2.00. The summed E-state index contributed by atoms with van der Waals surface area (Å²) in [7, 11) is 0. The Morgan fingerprint density at radius 2 is 2.33 bits per heavy atom. The second-order valence-corrected chi connectivity index (χ2v) is 3.20. The highest BCUT2D eigenvalue weighted by Crippen LogP contribution is 2.26. The second kappa shape index (κ2) is 3.70. The Kier molecular flexibility index (Phi) is 2.39. The molecule has 0 atom stereocenters. The number of aromatic carboxylic acids is 1. The maximum Gasteiger partial charge on any atom is 0.354 e. The molecule has 0 fully saturated rings. The lowest BCUT2D eigenvalue weighted by molar-refractivity contribution is 0.0691. The Morgan fingerprint density at radius 3 is 3.00 bits per heavy atom. The van der Waals surface area contributed by atoms with E-state index in [1.54, 1.807) is 18.3 Å². The van der Waals surface area contributed by atoms with Gasteiger partial charge in [0.2, 0.25) is 0 Å². The number of halogens is 1. The van der Waals surface area contributed by atoms with Gasteiger partial charge in [0, 0.05) is 6.20 Å². The molecule has 2 rings (SSSR count). The molecule has 6 heteroatoms. The van der Waals surface area contributed by atoms with Crippen molar-refractivity contribution in [3.63, 3.8) is 0 Å². The van der Waals surface area contributed by atoms with Crippen LogP contribution in [0.5, 0.6) is 0 Å². The van der Waals surface area contributed by atoms with Crippen LogP contribution < -0.4 is 0 Å². The molecule has 0 aliphatic carbocycles. The van der Waals surface area contributed by atoms with Crippen molar-refractivity contribution in [2.24, 2.45) is 0 Å². The third-order valence-corrected chi connectivity index (χ3v) is 2.17. The van der Waals surface area contributed by atoms with Crippen LogP contribution in [0.15, 0.2) is 24.5 Å². The Morgan fingerprint density at radius 1 is 1.53 bits per heavy atom. The number of nitrogens with one attached hydrogen (secondary N) is 1. The number of hydrogen-bond donors (Lipinski definition) is 2. The summed E-state index contributed by atoms with van der Waals surface area (Å²) >= 11 is 5.90. The van der Waals surface area contributed by atoms with Crippen LogP contribution in [0.1, 0.15) is 10.5 Å². The number of aromatic amines is 1. The Balaban J connectivity index is 2.59. The van der Waals surface area contributed by atoms with E-state index in [0.29, 0.717) is 16.3 Å². The van der Waals surface area contributed by atoms with Crippen LogP contribution in [0.2, 0.25) is 5.02 Å². The van der Waals surface area contributed by atoms with Crippen molar-refractivity contribution in [2.75, 3.05) is 0 Å². The van der Waals surface area contributed by atoms with Gasteiger partial charge in [-0.1, -0.05) is 11.6 Å². The predicted octanol–water partition coefficient (Wildman–Crippen LogP) is 1.82. The molecule has 0 aliphatic heterocycles. The third kappa shape index (κ3) is 1.69. The van der Waals surface area contributed by atoms with Gasteiger partial charge in [0.25, 0.3) is 0 Å². The van der Waals surface area contributed by atoms with E-state index in [4.69, 9.17) is 16.7 Å². The molecule has 0 saturated heterocycles. The number of pyridine rings is 1. The number of carbonyl (C=O) groups is 1. The fourth-order valence-corrected chi connectivity index (χ4v) is 1.44. The van der Waals surface area contributed by atoms with Crippen LogP contribution in [0.3, 0.4) is 0 Å². The van der Waals surface area contributed by atoms with E-state index in [2.05, 4.69) is 15.2 Å². The molecule has 0 amide bonds. The Labute approximate surface area is 89.7 Å². The summed E-state index contributed by atoms with van der Waals surface area (Å²) in [5.74, 6) is -1.09. The molecule has 2 heterocycles. The van der Waals surface area contributed by atoms with Gasteiger partial charge in [-0.15, -0.1) is 0 Å². The predicted molar refractivity (Wildman–Crippen MR) is 53.8 cm³/mol. The average Bonchev–Trinajstić information content (AvgIpc) is 2.67. The van der Waals surface area contributed by atoms with Gasteiger partial charge in [-0.25, -0.2) is 4.79 Å². The molecule has 0 unspecified atom stereocenters. The average molecular weight is 224 g/mol. The molecular formula is C9H6ClN3O2. The minimum Gasteiger partial charge on any atom is -0.477 e. The van der Waals surface area contributed by atoms with Crippen molar-refractivity contribution in [3.05, 3.63) is 35.2 Å². The first-order valence-corrected chi connectivity index (χ1v) is 4.45. The largest absolute Gasteiger partial charge is 0.477 e. The van der Waals surface area contributed by atoms with Gasteiger partial charge in [-0.3, -0.25) is 10.1 Å². The summed E-state index contributed by atoms with van der Waals surface area (Å²) < 4.78 is 0. The van der Waals surface area contributed by atoms with Crippen LogP contribution in [-0.4, -0.2) is 26.3 Å². The van der Waals surface area contributed by atoms with Crippen molar-refractivity contribution in [2.45, 2.75) is 0 Å². The summed E-state index contributed by atoms with van der Waals surface area (Å²) in [6, 6.07) is 3.31. The normalized spacial score (nSPS) is 10.2. The molecule has 0 saturated carbocycles. The van der Waals surface area contributed by atoms with Crippen LogP contribution in [0, 0.1) is 0 Å². The summed E-state index contributed by atoms with van der Waals surface area (Å²) in [5.41, 5.74) is 0.772. The molecule has 5 nitrogen and oxygen atoms in total. The topological polar surface area (TPSA) is 78.9 Å². The maximum atomic E-state index is 10.8. The fraction of sp³-hybridized carbons (Fsp3) is 0. The molecule has 0 aromatic carbocycles. The zero-order valence-corrected chi connectivity index (χ0v) is 8.19. The summed E-state index contributed by atoms with van der Waals surface area (Å²) in [4.78, 5) is 14.8. The second-order valence-electron chi connectivity index (χ2n) is 2.80. The van der Waals surface area contributed by atoms with Crippen LogP contribution in [0.4, 0.5) is 0 Å². The molecule has 2 N–H and O–H groups in total. The van der Waals surface area contributed by atoms with Gasteiger partial charge in [-0.05, 0) is 12.1 Å². The molecule has 0 spiro atoms. The van der Waals surface area contributed by atoms with Crippen molar-refractivity contribution in [1.29, 1.82) is 0 Å². The molecule has 76 valence electrons. The Bertz CT molecular complexity index is 510. The van der Waals surface area contributed by atoms with E-state index >= 15 is 0 Å². The summed E-state index contributed by atoms with van der Waals surface area (Å²) in [6.45, 7) is 0. The van der Waals surface area contributed by atoms with Crippen molar-refractivity contribution in [3.8, 4) is 11.3 Å². The van der Waals surface area contributed by atoms with Crippen molar-refractivity contribution >= 4 is 17.6 Å². The number of rotatable bonds is 2. The monoisotopic (exact) mass is 223 g/mol. The van der Waals surface area contributed by atoms with Crippen LogP contribution in [0.25, 0.3) is 11.3 Å². The lowest BCUT2D eigenvalue weighted by Crippen LogP contribution is -1.99. The molecule has 15 heavy (non-hydrogen) atoms. The number of nitrogens with zero attached hydrogens (tertiary/aromatic N) is 2. The summed E-state index contributed by atoms with van der Waals surface area (Å²) in [5, 5.41) is 15.3. The fourth-order valence-electron chi connectivity index (χ4n) is 1.21. The SMILES string of the molecule is O=C(O)c1[nH]ncc1-c1ncccc1Cl. The van der Waals surface area contributed by atoms with E-state index in [1.165, 1.54) is 6.20 Å². The maximum absolute atomic E-state index is 10.8. The van der Waals surface area contributed by atoms with E-state index in [0.717, 1.165) is 0 Å². The van der Waals surface area contributed by atoms with Gasteiger partial charge in [0.15, 0.2) is 5.69 Å². The van der Waals surface area contributed by atoms with Crippen molar-refractivity contribution in [1.82, 2.24) is 15.2 Å². The lowest BCUT2D eigenvalue weighted by atomic mass is 10.1. The molecule has 2 aromatic heterocycles. The number of aromatic nitrogens is 3. The van der Waals surface area contributed by atoms with E-state index in [9.17, 15) is 4.79 Å². The standard InChI is InChI=1S/C9H6ClN3O2/c10-6-2-1-3-11-7(6)5-4-12-13-8(5)9(14)15/h1-4H,(H,12,13)(H,14,15). The first-order valence-electron chi connectivity index (χ1n) is 4.07. The van der Waals surface area contributed by atoms with Gasteiger partial charge in [0.05, 0.1) is 22.5 Å². The van der Waals surface area contributed by atoms with E-state index in [-0.39, 0.29) is 5.69 Å². The third-order valence-electron chi connectivity index (χ3n) is 1.87. The van der Waals surface area contributed by atoms with Gasteiger partial charge in [0.1, 0.15) is 0 Å². The highest BCUT2D eigenvalue weighted by Gasteiger charge is 2.16. The number of carboxylic acid groups (broad SMARTS) is 1. The van der Waals surface area contributed by atoms with Gasteiger partial charge >= 0.3 is 5.97 Å². The van der Waals surface area contributed by atoms with E-state index in [1.807, 2.05) is 0 Å².